The van der Waals surface area contributed by atoms with Crippen molar-refractivity contribution in [2.45, 2.75) is 12.5 Å². The molecule has 1 aliphatic rings. The Morgan fingerprint density at radius 3 is 2.81 bits per heavy atom. The molecule has 0 aliphatic carbocycles. The van der Waals surface area contributed by atoms with Crippen molar-refractivity contribution in [2.75, 3.05) is 13.2 Å². The molecule has 1 aliphatic heterocycles. The summed E-state index contributed by atoms with van der Waals surface area (Å²) >= 11 is 0. The standard InChI is InChI=1S/C21H19N3O3/c25-21(20-19-9-5-4-6-15(19)10-11-22-20)23-13-16-12-18(27-24-16)14-26-17-7-2-1-3-8-17/h1-11,18H,12-14H2,(H,23,25). The molecule has 1 atom stereocenters. The molecule has 136 valence electrons. The number of nitrogens with zero attached hydrogens (tertiary/aromatic N) is 2. The van der Waals surface area contributed by atoms with Gasteiger partial charge in [0.25, 0.3) is 5.91 Å². The topological polar surface area (TPSA) is 72.8 Å². The first kappa shape index (κ1) is 17.0. The molecule has 1 aromatic heterocycles. The zero-order valence-electron chi connectivity index (χ0n) is 14.7. The summed E-state index contributed by atoms with van der Waals surface area (Å²) in [6, 6.07) is 19.1. The number of hydrogen-bond donors (Lipinski definition) is 1. The van der Waals surface area contributed by atoms with Crippen molar-refractivity contribution in [2.24, 2.45) is 5.16 Å². The Morgan fingerprint density at radius 2 is 1.93 bits per heavy atom. The number of fused-ring (bicyclic) bond motifs is 1. The lowest BCUT2D eigenvalue weighted by Crippen LogP contribution is -2.30. The lowest BCUT2D eigenvalue weighted by molar-refractivity contribution is 0.0471. The predicted molar refractivity (Wildman–Crippen MR) is 103 cm³/mol. The summed E-state index contributed by atoms with van der Waals surface area (Å²) in [6.45, 7) is 0.738. The molecule has 6 nitrogen and oxygen atoms in total. The molecular formula is C21H19N3O3. The molecule has 1 N–H and O–H groups in total. The van der Waals surface area contributed by atoms with E-state index in [1.165, 1.54) is 0 Å². The molecule has 27 heavy (non-hydrogen) atoms. The number of rotatable bonds is 6. The number of hydrogen-bond acceptors (Lipinski definition) is 5. The Labute approximate surface area is 156 Å². The van der Waals surface area contributed by atoms with Gasteiger partial charge in [-0.1, -0.05) is 47.6 Å². The number of benzene rings is 2. The van der Waals surface area contributed by atoms with Gasteiger partial charge in [0.2, 0.25) is 0 Å². The maximum absolute atomic E-state index is 12.5. The van der Waals surface area contributed by atoms with E-state index in [-0.39, 0.29) is 12.0 Å². The van der Waals surface area contributed by atoms with Gasteiger partial charge in [0.1, 0.15) is 18.1 Å². The molecule has 2 aromatic carbocycles. The van der Waals surface area contributed by atoms with E-state index in [1.54, 1.807) is 6.20 Å². The second-order valence-electron chi connectivity index (χ2n) is 6.28. The molecule has 0 saturated heterocycles. The molecule has 0 radical (unpaired) electrons. The number of pyridine rings is 1. The van der Waals surface area contributed by atoms with Crippen LogP contribution >= 0.6 is 0 Å². The Hall–Kier alpha value is -3.41. The number of carbonyl (C=O) groups is 1. The van der Waals surface area contributed by atoms with Gasteiger partial charge >= 0.3 is 0 Å². The van der Waals surface area contributed by atoms with Crippen molar-refractivity contribution < 1.29 is 14.4 Å². The lowest BCUT2D eigenvalue weighted by atomic mass is 10.1. The first-order valence-electron chi connectivity index (χ1n) is 8.81. The van der Waals surface area contributed by atoms with Crippen LogP contribution < -0.4 is 10.1 Å². The van der Waals surface area contributed by atoms with Crippen molar-refractivity contribution in [3.63, 3.8) is 0 Å². The molecule has 4 rings (SSSR count). The van der Waals surface area contributed by atoms with E-state index in [2.05, 4.69) is 15.5 Å². The van der Waals surface area contributed by atoms with Gasteiger partial charge in [-0.05, 0) is 23.6 Å². The summed E-state index contributed by atoms with van der Waals surface area (Å²) in [6.07, 6.45) is 2.12. The van der Waals surface area contributed by atoms with Crippen LogP contribution in [0.3, 0.4) is 0 Å². The second kappa shape index (κ2) is 7.86. The zero-order valence-corrected chi connectivity index (χ0v) is 14.7. The third-order valence-corrected chi connectivity index (χ3v) is 4.31. The SMILES string of the molecule is O=C(NCC1=NOC(COc2ccccc2)C1)c1nccc2ccccc12. The summed E-state index contributed by atoms with van der Waals surface area (Å²) in [7, 11) is 0. The van der Waals surface area contributed by atoms with E-state index < -0.39 is 0 Å². The van der Waals surface area contributed by atoms with Crippen LogP contribution in [-0.2, 0) is 4.84 Å². The average Bonchev–Trinajstić information content (AvgIpc) is 3.19. The first-order chi connectivity index (χ1) is 13.3. The highest BCUT2D eigenvalue weighted by Gasteiger charge is 2.22. The van der Waals surface area contributed by atoms with Gasteiger partial charge in [-0.15, -0.1) is 0 Å². The molecule has 6 heteroatoms. The van der Waals surface area contributed by atoms with Gasteiger partial charge in [-0.3, -0.25) is 9.78 Å². The third-order valence-electron chi connectivity index (χ3n) is 4.31. The summed E-state index contributed by atoms with van der Waals surface area (Å²) < 4.78 is 5.69. The van der Waals surface area contributed by atoms with Gasteiger partial charge in [0.15, 0.2) is 6.10 Å². The van der Waals surface area contributed by atoms with Crippen LogP contribution in [0.5, 0.6) is 5.75 Å². The molecule has 1 amide bonds. The highest BCUT2D eigenvalue weighted by Crippen LogP contribution is 2.17. The minimum absolute atomic E-state index is 0.146. The minimum Gasteiger partial charge on any atom is -0.490 e. The molecule has 2 heterocycles. The lowest BCUT2D eigenvalue weighted by Gasteiger charge is -2.10. The Kier molecular flexibility index (Phi) is 4.96. The van der Waals surface area contributed by atoms with E-state index in [4.69, 9.17) is 9.57 Å². The average molecular weight is 361 g/mol. The number of ether oxygens (including phenoxy) is 1. The zero-order chi connectivity index (χ0) is 18.5. The second-order valence-corrected chi connectivity index (χ2v) is 6.28. The van der Waals surface area contributed by atoms with Gasteiger partial charge < -0.3 is 14.9 Å². The number of nitrogens with one attached hydrogen (secondary N) is 1. The first-order valence-corrected chi connectivity index (χ1v) is 8.81. The Bertz CT molecular complexity index is 967. The molecule has 3 aromatic rings. The molecule has 1 unspecified atom stereocenters. The number of amides is 1. The van der Waals surface area contributed by atoms with Crippen molar-refractivity contribution in [1.82, 2.24) is 10.3 Å². The highest BCUT2D eigenvalue weighted by molar-refractivity contribution is 6.06. The summed E-state index contributed by atoms with van der Waals surface area (Å²) in [5, 5.41) is 8.75. The van der Waals surface area contributed by atoms with E-state index in [9.17, 15) is 4.79 Å². The van der Waals surface area contributed by atoms with Crippen molar-refractivity contribution >= 4 is 22.4 Å². The maximum Gasteiger partial charge on any atom is 0.270 e. The number of para-hydroxylation sites is 1. The fourth-order valence-electron chi connectivity index (χ4n) is 2.95. The van der Waals surface area contributed by atoms with Crippen LogP contribution in [0, 0.1) is 0 Å². The van der Waals surface area contributed by atoms with Crippen molar-refractivity contribution in [3.8, 4) is 5.75 Å². The Morgan fingerprint density at radius 1 is 1.11 bits per heavy atom. The predicted octanol–water partition coefficient (Wildman–Crippen LogP) is 3.19. The van der Waals surface area contributed by atoms with E-state index in [0.29, 0.717) is 25.3 Å². The maximum atomic E-state index is 12.5. The van der Waals surface area contributed by atoms with Crippen LogP contribution in [0.2, 0.25) is 0 Å². The largest absolute Gasteiger partial charge is 0.490 e. The quantitative estimate of drug-likeness (QED) is 0.732. The monoisotopic (exact) mass is 361 g/mol. The molecule has 0 saturated carbocycles. The highest BCUT2D eigenvalue weighted by atomic mass is 16.7. The third kappa shape index (κ3) is 4.06. The molecule has 0 bridgehead atoms. The minimum atomic E-state index is -0.224. The van der Waals surface area contributed by atoms with Crippen LogP contribution in [-0.4, -0.2) is 35.9 Å². The smallest absolute Gasteiger partial charge is 0.270 e. The van der Waals surface area contributed by atoms with Crippen LogP contribution in [0.25, 0.3) is 10.8 Å². The van der Waals surface area contributed by atoms with Crippen LogP contribution in [0.4, 0.5) is 0 Å². The van der Waals surface area contributed by atoms with E-state index >= 15 is 0 Å². The number of oxime groups is 1. The summed E-state index contributed by atoms with van der Waals surface area (Å²) in [4.78, 5) is 22.1. The molecule has 0 spiro atoms. The van der Waals surface area contributed by atoms with Crippen LogP contribution in [0.15, 0.2) is 72.0 Å². The van der Waals surface area contributed by atoms with Gasteiger partial charge in [-0.2, -0.15) is 0 Å². The van der Waals surface area contributed by atoms with Crippen LogP contribution in [0.1, 0.15) is 16.9 Å². The summed E-state index contributed by atoms with van der Waals surface area (Å²) in [5.41, 5.74) is 1.20. The Balaban J connectivity index is 1.30. The molecular weight excluding hydrogens is 342 g/mol. The van der Waals surface area contributed by atoms with Crippen molar-refractivity contribution in [1.29, 1.82) is 0 Å². The van der Waals surface area contributed by atoms with Gasteiger partial charge in [0, 0.05) is 18.0 Å². The molecule has 0 fully saturated rings. The number of aromatic nitrogens is 1. The van der Waals surface area contributed by atoms with Crippen molar-refractivity contribution in [3.05, 3.63) is 72.6 Å². The van der Waals surface area contributed by atoms with Gasteiger partial charge in [-0.25, -0.2) is 0 Å². The fourth-order valence-corrected chi connectivity index (χ4v) is 2.95. The number of carbonyl (C=O) groups excluding carboxylic acids is 1. The fraction of sp³-hybridized carbons (Fsp3) is 0.190. The normalized spacial score (nSPS) is 15.9. The van der Waals surface area contributed by atoms with Gasteiger partial charge in [0.05, 0.1) is 12.3 Å². The van der Waals surface area contributed by atoms with E-state index in [1.807, 2.05) is 60.7 Å². The van der Waals surface area contributed by atoms with E-state index in [0.717, 1.165) is 22.2 Å². The summed E-state index contributed by atoms with van der Waals surface area (Å²) in [5.74, 6) is 0.573.